The summed E-state index contributed by atoms with van der Waals surface area (Å²) in [6.45, 7) is 10.3. The van der Waals surface area contributed by atoms with Crippen LogP contribution in [0.4, 0.5) is 4.39 Å². The van der Waals surface area contributed by atoms with Gasteiger partial charge in [0.05, 0.1) is 19.8 Å². The molecule has 1 saturated heterocycles. The fourth-order valence-corrected chi connectivity index (χ4v) is 3.33. The van der Waals surface area contributed by atoms with Crippen molar-refractivity contribution in [2.75, 3.05) is 45.9 Å². The highest BCUT2D eigenvalue weighted by Crippen LogP contribution is 2.29. The van der Waals surface area contributed by atoms with E-state index in [1.54, 1.807) is 19.1 Å². The summed E-state index contributed by atoms with van der Waals surface area (Å²) in [4.78, 5) is 26.5. The highest BCUT2D eigenvalue weighted by atomic mass is 19.1. The minimum Gasteiger partial charge on any atom is -0.379 e. The van der Waals surface area contributed by atoms with E-state index in [9.17, 15) is 14.0 Å². The second kappa shape index (κ2) is 11.1. The summed E-state index contributed by atoms with van der Waals surface area (Å²) in [5, 5.41) is 5.52. The monoisotopic (exact) mass is 393 g/mol. The lowest BCUT2D eigenvalue weighted by Crippen LogP contribution is -2.43. The Hall–Kier alpha value is -1.99. The van der Waals surface area contributed by atoms with Crippen LogP contribution in [0.2, 0.25) is 0 Å². The molecule has 0 aromatic heterocycles. The van der Waals surface area contributed by atoms with Gasteiger partial charge in [-0.1, -0.05) is 26.0 Å². The molecular weight excluding hydrogens is 361 g/mol. The first-order valence-electron chi connectivity index (χ1n) is 9.96. The number of benzene rings is 1. The number of nitrogens with one attached hydrogen (secondary N) is 2. The molecule has 156 valence electrons. The Kier molecular flexibility index (Phi) is 8.86. The topological polar surface area (TPSA) is 70.7 Å². The first-order valence-corrected chi connectivity index (χ1v) is 9.96. The van der Waals surface area contributed by atoms with Gasteiger partial charge in [-0.3, -0.25) is 14.5 Å². The van der Waals surface area contributed by atoms with Crippen molar-refractivity contribution in [3.8, 4) is 0 Å². The van der Waals surface area contributed by atoms with Crippen LogP contribution in [-0.2, 0) is 14.3 Å². The minimum absolute atomic E-state index is 0.0244. The summed E-state index contributed by atoms with van der Waals surface area (Å²) >= 11 is 0. The van der Waals surface area contributed by atoms with E-state index in [-0.39, 0.29) is 42.4 Å². The predicted molar refractivity (Wildman–Crippen MR) is 107 cm³/mol. The average Bonchev–Trinajstić information content (AvgIpc) is 2.67. The fraction of sp³-hybridized carbons (Fsp3) is 0.619. The zero-order chi connectivity index (χ0) is 20.5. The van der Waals surface area contributed by atoms with Crippen molar-refractivity contribution in [3.63, 3.8) is 0 Å². The van der Waals surface area contributed by atoms with Gasteiger partial charge >= 0.3 is 0 Å². The molecule has 1 aliphatic rings. The quantitative estimate of drug-likeness (QED) is 0.672. The normalized spacial score (nSPS) is 16.0. The molecule has 2 amide bonds. The molecule has 2 rings (SSSR count). The number of amides is 2. The van der Waals surface area contributed by atoms with Crippen LogP contribution >= 0.6 is 0 Å². The third-order valence-electron chi connectivity index (χ3n) is 5.12. The maximum atomic E-state index is 13.5. The van der Waals surface area contributed by atoms with Crippen LogP contribution in [-0.4, -0.2) is 62.7 Å². The Morgan fingerprint density at radius 1 is 1.18 bits per heavy atom. The molecule has 0 radical (unpaired) electrons. The molecule has 0 saturated carbocycles. The largest absolute Gasteiger partial charge is 0.379 e. The number of morpholine rings is 1. The molecule has 2 N–H and O–H groups in total. The van der Waals surface area contributed by atoms with Gasteiger partial charge < -0.3 is 15.4 Å². The molecule has 1 heterocycles. The van der Waals surface area contributed by atoms with E-state index >= 15 is 0 Å². The van der Waals surface area contributed by atoms with Gasteiger partial charge in [0.1, 0.15) is 5.82 Å². The van der Waals surface area contributed by atoms with Gasteiger partial charge in [0.15, 0.2) is 0 Å². The number of aryl methyl sites for hydroxylation is 1. The summed E-state index contributed by atoms with van der Waals surface area (Å²) in [5.41, 5.74) is 1.52. The third-order valence-corrected chi connectivity index (χ3v) is 5.12. The molecule has 0 spiro atoms. The van der Waals surface area contributed by atoms with E-state index in [4.69, 9.17) is 4.74 Å². The van der Waals surface area contributed by atoms with Crippen LogP contribution in [0.15, 0.2) is 18.2 Å². The molecule has 1 fully saturated rings. The predicted octanol–water partition coefficient (Wildman–Crippen LogP) is 1.83. The van der Waals surface area contributed by atoms with E-state index in [1.165, 1.54) is 6.07 Å². The molecule has 28 heavy (non-hydrogen) atoms. The maximum Gasteiger partial charge on any atom is 0.239 e. The number of nitrogens with zero attached hydrogens (tertiary/aromatic N) is 1. The number of carbonyl (C=O) groups excluding carboxylic acids is 2. The van der Waals surface area contributed by atoms with Crippen molar-refractivity contribution < 1.29 is 18.7 Å². The van der Waals surface area contributed by atoms with Gasteiger partial charge in [0.25, 0.3) is 0 Å². The molecule has 1 atom stereocenters. The molecule has 1 aromatic carbocycles. The number of carbonyl (C=O) groups is 2. The Morgan fingerprint density at radius 3 is 2.54 bits per heavy atom. The third kappa shape index (κ3) is 7.20. The smallest absolute Gasteiger partial charge is 0.239 e. The lowest BCUT2D eigenvalue weighted by atomic mass is 9.85. The van der Waals surface area contributed by atoms with Gasteiger partial charge in [-0.25, -0.2) is 4.39 Å². The van der Waals surface area contributed by atoms with Gasteiger partial charge in [-0.15, -0.1) is 0 Å². The maximum absolute atomic E-state index is 13.5. The zero-order valence-corrected chi connectivity index (χ0v) is 17.1. The number of halogens is 1. The molecule has 1 aliphatic heterocycles. The van der Waals surface area contributed by atoms with E-state index in [1.807, 2.05) is 13.8 Å². The molecule has 1 unspecified atom stereocenters. The van der Waals surface area contributed by atoms with Crippen molar-refractivity contribution in [2.24, 2.45) is 5.92 Å². The number of hydrogen-bond donors (Lipinski definition) is 2. The Bertz CT molecular complexity index is 660. The number of rotatable bonds is 9. The number of ether oxygens (including phenoxy) is 1. The van der Waals surface area contributed by atoms with Gasteiger partial charge in [-0.2, -0.15) is 0 Å². The summed E-state index contributed by atoms with van der Waals surface area (Å²) in [5.74, 6) is -0.421. The van der Waals surface area contributed by atoms with Crippen LogP contribution in [0.3, 0.4) is 0 Å². The molecule has 6 nitrogen and oxygen atoms in total. The van der Waals surface area contributed by atoms with Crippen LogP contribution in [0.25, 0.3) is 0 Å². The van der Waals surface area contributed by atoms with Crippen LogP contribution < -0.4 is 10.6 Å². The highest BCUT2D eigenvalue weighted by molar-refractivity contribution is 5.85. The SMILES string of the molecule is Cc1cc(C(CC(=O)NCC(=O)NCCN2CCOCC2)C(C)C)ccc1F. The standard InChI is InChI=1S/C21H32FN3O3/c1-15(2)18(17-4-5-19(22)16(3)12-17)13-20(26)24-14-21(27)23-6-7-25-8-10-28-11-9-25/h4-5,12,15,18H,6-11,13-14H2,1-3H3,(H,23,27)(H,24,26). The van der Waals surface area contributed by atoms with E-state index < -0.39 is 0 Å². The fourth-order valence-electron chi connectivity index (χ4n) is 3.33. The number of hydrogen-bond acceptors (Lipinski definition) is 4. The molecular formula is C21H32FN3O3. The van der Waals surface area contributed by atoms with E-state index in [0.29, 0.717) is 12.1 Å². The zero-order valence-electron chi connectivity index (χ0n) is 17.1. The van der Waals surface area contributed by atoms with Crippen molar-refractivity contribution in [1.29, 1.82) is 0 Å². The summed E-state index contributed by atoms with van der Waals surface area (Å²) in [6.07, 6.45) is 0.268. The van der Waals surface area contributed by atoms with Crippen molar-refractivity contribution in [1.82, 2.24) is 15.5 Å². The Labute approximate surface area is 166 Å². The van der Waals surface area contributed by atoms with Crippen molar-refractivity contribution >= 4 is 11.8 Å². The Balaban J connectivity index is 1.74. The first-order chi connectivity index (χ1) is 13.4. The molecule has 0 aliphatic carbocycles. The van der Waals surface area contributed by atoms with Gasteiger partial charge in [-0.05, 0) is 36.0 Å². The second-order valence-corrected chi connectivity index (χ2v) is 7.64. The molecule has 0 bridgehead atoms. The van der Waals surface area contributed by atoms with Crippen LogP contribution in [0, 0.1) is 18.7 Å². The Morgan fingerprint density at radius 2 is 1.89 bits per heavy atom. The van der Waals surface area contributed by atoms with Crippen molar-refractivity contribution in [3.05, 3.63) is 35.1 Å². The van der Waals surface area contributed by atoms with Crippen molar-refractivity contribution in [2.45, 2.75) is 33.1 Å². The highest BCUT2D eigenvalue weighted by Gasteiger charge is 2.20. The molecule has 7 heteroatoms. The van der Waals surface area contributed by atoms with E-state index in [2.05, 4.69) is 15.5 Å². The lowest BCUT2D eigenvalue weighted by molar-refractivity contribution is -0.126. The second-order valence-electron chi connectivity index (χ2n) is 7.64. The summed E-state index contributed by atoms with van der Waals surface area (Å²) in [7, 11) is 0. The van der Waals surface area contributed by atoms with Crippen LogP contribution in [0.1, 0.15) is 37.3 Å². The van der Waals surface area contributed by atoms with Gasteiger partial charge in [0.2, 0.25) is 11.8 Å². The summed E-state index contributed by atoms with van der Waals surface area (Å²) in [6, 6.07) is 4.98. The lowest BCUT2D eigenvalue weighted by Gasteiger charge is -2.26. The van der Waals surface area contributed by atoms with Gasteiger partial charge in [0, 0.05) is 32.6 Å². The minimum atomic E-state index is -0.246. The molecule has 1 aromatic rings. The first kappa shape index (κ1) is 22.3. The summed E-state index contributed by atoms with van der Waals surface area (Å²) < 4.78 is 18.8. The van der Waals surface area contributed by atoms with Crippen LogP contribution in [0.5, 0.6) is 0 Å². The van der Waals surface area contributed by atoms with E-state index in [0.717, 1.165) is 38.4 Å². The average molecular weight is 394 g/mol.